The molecule has 122 valence electrons. The predicted molar refractivity (Wildman–Crippen MR) is 91.0 cm³/mol. The van der Waals surface area contributed by atoms with E-state index in [1.807, 2.05) is 18.2 Å². The molecular weight excluding hydrogens is 315 g/mol. The lowest BCUT2D eigenvalue weighted by atomic mass is 9.95. The van der Waals surface area contributed by atoms with E-state index in [9.17, 15) is 9.18 Å². The Hall–Kier alpha value is -1.91. The van der Waals surface area contributed by atoms with E-state index >= 15 is 0 Å². The Labute approximate surface area is 141 Å². The third-order valence-corrected chi connectivity index (χ3v) is 4.10. The van der Waals surface area contributed by atoms with Crippen molar-refractivity contribution in [2.45, 2.75) is 32.5 Å². The average molecular weight is 335 g/mol. The highest BCUT2D eigenvalue weighted by Gasteiger charge is 2.23. The second kappa shape index (κ2) is 7.57. The number of nitrogens with one attached hydrogen (secondary N) is 2. The van der Waals surface area contributed by atoms with Crippen molar-refractivity contribution in [3.05, 3.63) is 70.5 Å². The highest BCUT2D eigenvalue weighted by molar-refractivity contribution is 5.85. The van der Waals surface area contributed by atoms with Gasteiger partial charge in [-0.15, -0.1) is 12.4 Å². The molecule has 2 aromatic rings. The van der Waals surface area contributed by atoms with E-state index in [1.165, 1.54) is 17.2 Å². The Morgan fingerprint density at radius 2 is 2.00 bits per heavy atom. The van der Waals surface area contributed by atoms with Crippen LogP contribution in [-0.2, 0) is 24.3 Å². The van der Waals surface area contributed by atoms with Crippen LogP contribution in [0.2, 0.25) is 0 Å². The van der Waals surface area contributed by atoms with Crippen LogP contribution in [0.4, 0.5) is 4.39 Å². The topological polar surface area (TPSA) is 41.1 Å². The van der Waals surface area contributed by atoms with Crippen LogP contribution >= 0.6 is 12.4 Å². The van der Waals surface area contributed by atoms with E-state index in [2.05, 4.69) is 22.8 Å². The molecule has 1 amide bonds. The normalized spacial score (nSPS) is 16.2. The molecule has 1 heterocycles. The summed E-state index contributed by atoms with van der Waals surface area (Å²) in [6, 6.07) is 12.9. The van der Waals surface area contributed by atoms with Crippen molar-refractivity contribution in [2.75, 3.05) is 0 Å². The standard InChI is InChI=1S/C18H19FN2O.ClH/c1-12-6-7-13(8-16(12)19)10-21-18(22)17-9-14-4-2-3-5-15(14)11-20-17;/h2-8,17,20H,9-11H2,1H3,(H,21,22);1H. The summed E-state index contributed by atoms with van der Waals surface area (Å²) in [5, 5.41) is 6.12. The van der Waals surface area contributed by atoms with Gasteiger partial charge in [0.25, 0.3) is 0 Å². The zero-order valence-corrected chi connectivity index (χ0v) is 13.8. The van der Waals surface area contributed by atoms with Gasteiger partial charge in [-0.25, -0.2) is 4.39 Å². The van der Waals surface area contributed by atoms with Crippen LogP contribution in [0.1, 0.15) is 22.3 Å². The van der Waals surface area contributed by atoms with Crippen LogP contribution in [0, 0.1) is 12.7 Å². The van der Waals surface area contributed by atoms with Gasteiger partial charge in [-0.05, 0) is 41.7 Å². The molecule has 0 saturated carbocycles. The number of benzene rings is 2. The summed E-state index contributed by atoms with van der Waals surface area (Å²) in [7, 11) is 0. The Balaban J connectivity index is 0.00000192. The van der Waals surface area contributed by atoms with Crippen molar-refractivity contribution in [1.82, 2.24) is 10.6 Å². The molecule has 0 saturated heterocycles. The SMILES string of the molecule is Cc1ccc(CNC(=O)C2Cc3ccccc3CN2)cc1F.Cl. The van der Waals surface area contributed by atoms with E-state index in [1.54, 1.807) is 13.0 Å². The lowest BCUT2D eigenvalue weighted by Gasteiger charge is -2.25. The van der Waals surface area contributed by atoms with Crippen LogP contribution < -0.4 is 10.6 Å². The molecule has 2 N–H and O–H groups in total. The molecule has 2 aromatic carbocycles. The summed E-state index contributed by atoms with van der Waals surface area (Å²) >= 11 is 0. The summed E-state index contributed by atoms with van der Waals surface area (Å²) < 4.78 is 13.5. The third kappa shape index (κ3) is 4.09. The summed E-state index contributed by atoms with van der Waals surface area (Å²) in [6.45, 7) is 2.77. The van der Waals surface area contributed by atoms with Gasteiger partial charge in [-0.2, -0.15) is 0 Å². The first-order valence-corrected chi connectivity index (χ1v) is 7.46. The molecule has 1 atom stereocenters. The quantitative estimate of drug-likeness (QED) is 0.906. The number of rotatable bonds is 3. The van der Waals surface area contributed by atoms with Crippen molar-refractivity contribution in [3.63, 3.8) is 0 Å². The number of hydrogen-bond donors (Lipinski definition) is 2. The smallest absolute Gasteiger partial charge is 0.237 e. The molecule has 1 aliphatic rings. The fourth-order valence-electron chi connectivity index (χ4n) is 2.70. The van der Waals surface area contributed by atoms with E-state index in [0.29, 0.717) is 25.1 Å². The van der Waals surface area contributed by atoms with Crippen LogP contribution in [0.3, 0.4) is 0 Å². The van der Waals surface area contributed by atoms with Gasteiger partial charge in [0.05, 0.1) is 6.04 Å². The summed E-state index contributed by atoms with van der Waals surface area (Å²) in [4.78, 5) is 12.3. The molecule has 1 aliphatic heterocycles. The third-order valence-electron chi connectivity index (χ3n) is 4.10. The molecular formula is C18H20ClFN2O. The highest BCUT2D eigenvalue weighted by atomic mass is 35.5. The number of carbonyl (C=O) groups is 1. The maximum atomic E-state index is 13.5. The number of fused-ring (bicyclic) bond motifs is 1. The molecule has 3 nitrogen and oxygen atoms in total. The van der Waals surface area contributed by atoms with Crippen LogP contribution in [0.25, 0.3) is 0 Å². The highest BCUT2D eigenvalue weighted by Crippen LogP contribution is 2.16. The average Bonchev–Trinajstić information content (AvgIpc) is 2.55. The summed E-state index contributed by atoms with van der Waals surface area (Å²) in [5.74, 6) is -0.285. The Kier molecular flexibility index (Phi) is 5.74. The summed E-state index contributed by atoms with van der Waals surface area (Å²) in [6.07, 6.45) is 0.685. The number of carbonyl (C=O) groups excluding carboxylic acids is 1. The molecule has 3 rings (SSSR count). The van der Waals surface area contributed by atoms with E-state index in [4.69, 9.17) is 0 Å². The Morgan fingerprint density at radius 1 is 1.26 bits per heavy atom. The van der Waals surface area contributed by atoms with E-state index in [-0.39, 0.29) is 30.2 Å². The first-order valence-electron chi connectivity index (χ1n) is 7.46. The summed E-state index contributed by atoms with van der Waals surface area (Å²) in [5.41, 5.74) is 3.84. The fourth-order valence-corrected chi connectivity index (χ4v) is 2.70. The first-order chi connectivity index (χ1) is 10.6. The lowest BCUT2D eigenvalue weighted by molar-refractivity contribution is -0.123. The number of halogens is 2. The van der Waals surface area contributed by atoms with Gasteiger partial charge < -0.3 is 10.6 Å². The van der Waals surface area contributed by atoms with Crippen molar-refractivity contribution in [1.29, 1.82) is 0 Å². The molecule has 0 fully saturated rings. The predicted octanol–water partition coefficient (Wildman–Crippen LogP) is 2.89. The molecule has 0 bridgehead atoms. The molecule has 0 aliphatic carbocycles. The molecule has 0 radical (unpaired) electrons. The minimum absolute atomic E-state index is 0. The van der Waals surface area contributed by atoms with Crippen molar-refractivity contribution < 1.29 is 9.18 Å². The molecule has 0 spiro atoms. The van der Waals surface area contributed by atoms with Crippen molar-refractivity contribution in [3.8, 4) is 0 Å². The monoisotopic (exact) mass is 334 g/mol. The van der Waals surface area contributed by atoms with Gasteiger partial charge in [0.15, 0.2) is 0 Å². The van der Waals surface area contributed by atoms with Gasteiger partial charge in [-0.1, -0.05) is 36.4 Å². The van der Waals surface area contributed by atoms with Crippen LogP contribution in [0.15, 0.2) is 42.5 Å². The number of amides is 1. The Morgan fingerprint density at radius 3 is 2.74 bits per heavy atom. The molecule has 5 heteroatoms. The zero-order chi connectivity index (χ0) is 15.5. The molecule has 0 aromatic heterocycles. The zero-order valence-electron chi connectivity index (χ0n) is 12.9. The van der Waals surface area contributed by atoms with Gasteiger partial charge in [0, 0.05) is 13.1 Å². The lowest BCUT2D eigenvalue weighted by Crippen LogP contribution is -2.47. The molecule has 1 unspecified atom stereocenters. The minimum atomic E-state index is -0.239. The minimum Gasteiger partial charge on any atom is -0.351 e. The fraction of sp³-hybridized carbons (Fsp3) is 0.278. The second-order valence-electron chi connectivity index (χ2n) is 5.71. The Bertz CT molecular complexity index is 705. The van der Waals surface area contributed by atoms with Crippen molar-refractivity contribution in [2.24, 2.45) is 0 Å². The molecule has 23 heavy (non-hydrogen) atoms. The van der Waals surface area contributed by atoms with Crippen molar-refractivity contribution >= 4 is 18.3 Å². The van der Waals surface area contributed by atoms with Gasteiger partial charge >= 0.3 is 0 Å². The first kappa shape index (κ1) is 17.4. The maximum absolute atomic E-state index is 13.5. The van der Waals surface area contributed by atoms with Gasteiger partial charge in [-0.3, -0.25) is 4.79 Å². The van der Waals surface area contributed by atoms with Gasteiger partial charge in [0.1, 0.15) is 5.82 Å². The van der Waals surface area contributed by atoms with Gasteiger partial charge in [0.2, 0.25) is 5.91 Å². The van der Waals surface area contributed by atoms with E-state index < -0.39 is 0 Å². The maximum Gasteiger partial charge on any atom is 0.237 e. The van der Waals surface area contributed by atoms with Crippen LogP contribution in [-0.4, -0.2) is 11.9 Å². The number of hydrogen-bond acceptors (Lipinski definition) is 2. The number of aryl methyl sites for hydroxylation is 1. The largest absolute Gasteiger partial charge is 0.351 e. The van der Waals surface area contributed by atoms with Crippen LogP contribution in [0.5, 0.6) is 0 Å². The second-order valence-corrected chi connectivity index (χ2v) is 5.71. The van der Waals surface area contributed by atoms with E-state index in [0.717, 1.165) is 5.56 Å².